The molecule has 23 heavy (non-hydrogen) atoms. The smallest absolute Gasteiger partial charge is 0.00604 e. The molecule has 0 amide bonds. The third kappa shape index (κ3) is 2.41. The van der Waals surface area contributed by atoms with Crippen LogP contribution in [0.15, 0.2) is 72.3 Å². The lowest BCUT2D eigenvalue weighted by Crippen LogP contribution is -1.93. The van der Waals surface area contributed by atoms with Gasteiger partial charge in [-0.25, -0.2) is 0 Å². The molecule has 0 bridgehead atoms. The number of fused-ring (bicyclic) bond motifs is 1. The molecular formula is C23H20. The van der Waals surface area contributed by atoms with Gasteiger partial charge in [0.2, 0.25) is 0 Å². The molecule has 0 aliphatic heterocycles. The summed E-state index contributed by atoms with van der Waals surface area (Å²) in [6, 6.07) is 24.0. The Hall–Kier alpha value is -2.60. The standard InChI is InChI=1S/C23H20/c1-16-14-19-13-12-17(2)23(22(19)15-16)21-11-7-6-10-20(21)18-8-4-3-5-9-18/h3-13,15H,14H2,1-2H3. The first-order valence-corrected chi connectivity index (χ1v) is 8.18. The topological polar surface area (TPSA) is 0 Å². The predicted octanol–water partition coefficient (Wildman–Crippen LogP) is 6.29. The largest absolute Gasteiger partial charge is 0.0683 e. The van der Waals surface area contributed by atoms with Crippen molar-refractivity contribution in [3.05, 3.63) is 89.0 Å². The molecule has 0 heterocycles. The van der Waals surface area contributed by atoms with Crippen LogP contribution < -0.4 is 0 Å². The second kappa shape index (κ2) is 5.55. The molecule has 3 aromatic rings. The summed E-state index contributed by atoms with van der Waals surface area (Å²) >= 11 is 0. The van der Waals surface area contributed by atoms with Crippen LogP contribution in [-0.4, -0.2) is 0 Å². The maximum absolute atomic E-state index is 2.36. The normalized spacial score (nSPS) is 12.9. The number of hydrogen-bond acceptors (Lipinski definition) is 0. The molecule has 0 fully saturated rings. The number of hydrogen-bond donors (Lipinski definition) is 0. The quantitative estimate of drug-likeness (QED) is 0.521. The maximum Gasteiger partial charge on any atom is -0.00604 e. The van der Waals surface area contributed by atoms with E-state index in [1.165, 1.54) is 44.5 Å². The molecule has 0 nitrogen and oxygen atoms in total. The molecule has 3 aromatic carbocycles. The van der Waals surface area contributed by atoms with Crippen LogP contribution in [0.2, 0.25) is 0 Å². The van der Waals surface area contributed by atoms with E-state index in [0.29, 0.717) is 0 Å². The molecular weight excluding hydrogens is 276 g/mol. The molecule has 112 valence electrons. The molecule has 1 aliphatic rings. The van der Waals surface area contributed by atoms with E-state index >= 15 is 0 Å². The van der Waals surface area contributed by atoms with Crippen molar-refractivity contribution in [1.82, 2.24) is 0 Å². The van der Waals surface area contributed by atoms with E-state index in [-0.39, 0.29) is 0 Å². The monoisotopic (exact) mass is 296 g/mol. The highest BCUT2D eigenvalue weighted by molar-refractivity contribution is 5.91. The van der Waals surface area contributed by atoms with Crippen LogP contribution in [0.3, 0.4) is 0 Å². The van der Waals surface area contributed by atoms with Gasteiger partial charge in [-0.2, -0.15) is 0 Å². The highest BCUT2D eigenvalue weighted by Crippen LogP contribution is 2.40. The zero-order valence-electron chi connectivity index (χ0n) is 13.6. The van der Waals surface area contributed by atoms with Gasteiger partial charge in [0, 0.05) is 0 Å². The Balaban J connectivity index is 2.00. The minimum atomic E-state index is 1.08. The molecule has 1 aliphatic carbocycles. The molecule has 0 N–H and O–H groups in total. The van der Waals surface area contributed by atoms with Gasteiger partial charge < -0.3 is 0 Å². The first-order chi connectivity index (χ1) is 11.2. The van der Waals surface area contributed by atoms with Crippen molar-refractivity contribution in [2.24, 2.45) is 0 Å². The van der Waals surface area contributed by atoms with Crippen LogP contribution >= 0.6 is 0 Å². The van der Waals surface area contributed by atoms with E-state index in [4.69, 9.17) is 0 Å². The van der Waals surface area contributed by atoms with Crippen molar-refractivity contribution in [2.45, 2.75) is 20.3 Å². The number of benzene rings is 3. The Kier molecular flexibility index (Phi) is 3.38. The van der Waals surface area contributed by atoms with Crippen LogP contribution in [0, 0.1) is 6.92 Å². The van der Waals surface area contributed by atoms with Gasteiger partial charge in [0.1, 0.15) is 0 Å². The van der Waals surface area contributed by atoms with E-state index in [1.54, 1.807) is 0 Å². The molecule has 0 heteroatoms. The lowest BCUT2D eigenvalue weighted by molar-refractivity contribution is 1.19. The lowest BCUT2D eigenvalue weighted by Gasteiger charge is -2.16. The summed E-state index contributed by atoms with van der Waals surface area (Å²) in [5.74, 6) is 0. The molecule has 0 unspecified atom stereocenters. The fourth-order valence-electron chi connectivity index (χ4n) is 3.62. The fourth-order valence-corrected chi connectivity index (χ4v) is 3.62. The van der Waals surface area contributed by atoms with Crippen LogP contribution in [0.4, 0.5) is 0 Å². The Morgan fingerprint density at radius 3 is 2.17 bits per heavy atom. The molecule has 4 rings (SSSR count). The number of rotatable bonds is 2. The highest BCUT2D eigenvalue weighted by atomic mass is 14.2. The van der Waals surface area contributed by atoms with Crippen LogP contribution in [0.5, 0.6) is 0 Å². The summed E-state index contributed by atoms with van der Waals surface area (Å²) < 4.78 is 0. The molecule has 0 spiro atoms. The van der Waals surface area contributed by atoms with Crippen molar-refractivity contribution in [3.8, 4) is 22.3 Å². The summed E-state index contributed by atoms with van der Waals surface area (Å²) in [6.07, 6.45) is 3.44. The van der Waals surface area contributed by atoms with Crippen molar-refractivity contribution < 1.29 is 0 Å². The third-order valence-corrected chi connectivity index (χ3v) is 4.69. The van der Waals surface area contributed by atoms with E-state index in [0.717, 1.165) is 6.42 Å². The summed E-state index contributed by atoms with van der Waals surface area (Å²) in [5, 5.41) is 0. The zero-order valence-corrected chi connectivity index (χ0v) is 13.6. The summed E-state index contributed by atoms with van der Waals surface area (Å²) in [7, 11) is 0. The van der Waals surface area contributed by atoms with Crippen LogP contribution in [-0.2, 0) is 6.42 Å². The molecule has 0 saturated heterocycles. The van der Waals surface area contributed by atoms with E-state index in [9.17, 15) is 0 Å². The van der Waals surface area contributed by atoms with E-state index in [1.807, 2.05) is 0 Å². The molecule has 0 atom stereocenters. The van der Waals surface area contributed by atoms with Gasteiger partial charge in [-0.1, -0.05) is 78.4 Å². The minimum Gasteiger partial charge on any atom is -0.0683 e. The van der Waals surface area contributed by atoms with Crippen molar-refractivity contribution >= 4 is 6.08 Å². The van der Waals surface area contributed by atoms with Gasteiger partial charge >= 0.3 is 0 Å². The maximum atomic E-state index is 2.36. The van der Waals surface area contributed by atoms with Gasteiger partial charge in [0.25, 0.3) is 0 Å². The van der Waals surface area contributed by atoms with E-state index < -0.39 is 0 Å². The van der Waals surface area contributed by atoms with Gasteiger partial charge in [0.15, 0.2) is 0 Å². The second-order valence-corrected chi connectivity index (χ2v) is 6.41. The Morgan fingerprint density at radius 2 is 1.39 bits per heavy atom. The summed E-state index contributed by atoms with van der Waals surface area (Å²) in [5.41, 5.74) is 11.0. The lowest BCUT2D eigenvalue weighted by atomic mass is 9.88. The Labute approximate surface area is 138 Å². The van der Waals surface area contributed by atoms with Crippen molar-refractivity contribution in [3.63, 3.8) is 0 Å². The van der Waals surface area contributed by atoms with Gasteiger partial charge in [0.05, 0.1) is 0 Å². The number of allylic oxidation sites excluding steroid dienone is 1. The van der Waals surface area contributed by atoms with E-state index in [2.05, 4.69) is 86.7 Å². The SMILES string of the molecule is CC1=Cc2c(ccc(C)c2-c2ccccc2-c2ccccc2)C1. The van der Waals surface area contributed by atoms with Gasteiger partial charge in [-0.3, -0.25) is 0 Å². The summed E-state index contributed by atoms with van der Waals surface area (Å²) in [6.45, 7) is 4.45. The van der Waals surface area contributed by atoms with Crippen molar-refractivity contribution in [1.29, 1.82) is 0 Å². The average molecular weight is 296 g/mol. The Bertz CT molecular complexity index is 899. The average Bonchev–Trinajstić information content (AvgIpc) is 2.96. The first-order valence-electron chi connectivity index (χ1n) is 8.18. The third-order valence-electron chi connectivity index (χ3n) is 4.69. The van der Waals surface area contributed by atoms with Crippen LogP contribution in [0.25, 0.3) is 28.3 Å². The highest BCUT2D eigenvalue weighted by Gasteiger charge is 2.18. The van der Waals surface area contributed by atoms with Crippen molar-refractivity contribution in [2.75, 3.05) is 0 Å². The fraction of sp³-hybridized carbons (Fsp3) is 0.130. The van der Waals surface area contributed by atoms with Gasteiger partial charge in [-0.15, -0.1) is 0 Å². The summed E-state index contributed by atoms with van der Waals surface area (Å²) in [4.78, 5) is 0. The zero-order chi connectivity index (χ0) is 15.8. The predicted molar refractivity (Wildman–Crippen MR) is 99.4 cm³/mol. The molecule has 0 saturated carbocycles. The first kappa shape index (κ1) is 14.0. The van der Waals surface area contributed by atoms with Gasteiger partial charge in [-0.05, 0) is 59.2 Å². The minimum absolute atomic E-state index is 1.08. The molecule has 0 radical (unpaired) electrons. The number of aryl methyl sites for hydroxylation is 1. The Morgan fingerprint density at radius 1 is 0.696 bits per heavy atom. The van der Waals surface area contributed by atoms with Crippen LogP contribution in [0.1, 0.15) is 23.6 Å². The second-order valence-electron chi connectivity index (χ2n) is 6.41. The molecule has 0 aromatic heterocycles.